The van der Waals surface area contributed by atoms with Crippen LogP contribution in [0.2, 0.25) is 0 Å². The minimum Gasteiger partial charge on any atom is -0.453 e. The lowest BCUT2D eigenvalue weighted by Gasteiger charge is -2.07. The van der Waals surface area contributed by atoms with Gasteiger partial charge in [-0.05, 0) is 12.1 Å². The predicted molar refractivity (Wildman–Crippen MR) is 89.3 cm³/mol. The van der Waals surface area contributed by atoms with Gasteiger partial charge in [-0.1, -0.05) is 0 Å². The van der Waals surface area contributed by atoms with Crippen LogP contribution in [0, 0.1) is 0 Å². The summed E-state index contributed by atoms with van der Waals surface area (Å²) in [5, 5.41) is 0.228. The third-order valence-corrected chi connectivity index (χ3v) is 4.47. The highest BCUT2D eigenvalue weighted by Crippen LogP contribution is 2.49. The summed E-state index contributed by atoms with van der Waals surface area (Å²) >= 11 is 0. The highest BCUT2D eigenvalue weighted by atomic mass is 16.7. The largest absolute Gasteiger partial charge is 0.453 e. The number of hydrogen-bond donors (Lipinski definition) is 0. The molecular weight excluding hydrogens is 360 g/mol. The summed E-state index contributed by atoms with van der Waals surface area (Å²) < 4.78 is 26.6. The van der Waals surface area contributed by atoms with E-state index >= 15 is 0 Å². The minimum atomic E-state index is -0.965. The van der Waals surface area contributed by atoms with Crippen molar-refractivity contribution in [2.24, 2.45) is 0 Å². The second-order valence-electron chi connectivity index (χ2n) is 5.82. The highest BCUT2D eigenvalue weighted by molar-refractivity contribution is 6.16. The number of ether oxygens (including phenoxy) is 4. The number of fused-ring (bicyclic) bond motifs is 7. The standard InChI is InChI=1S/C18H8O9/c19-3-7-1-9-11(15-13(7)23-5-25-15)12-10(18(22)27-17(9)21)2-8(4-20)14-16(12)26-6-24-14/h1-4H,5-6H2. The Balaban J connectivity index is 2.17. The molecule has 0 atom stereocenters. The third kappa shape index (κ3) is 1.93. The van der Waals surface area contributed by atoms with Crippen molar-refractivity contribution in [3.05, 3.63) is 44.1 Å². The van der Waals surface area contributed by atoms with Crippen molar-refractivity contribution < 1.29 is 33.0 Å². The van der Waals surface area contributed by atoms with E-state index in [9.17, 15) is 19.2 Å². The van der Waals surface area contributed by atoms with Crippen LogP contribution in [0.5, 0.6) is 23.0 Å². The Labute approximate surface area is 148 Å². The first kappa shape index (κ1) is 15.4. The molecule has 0 saturated heterocycles. The van der Waals surface area contributed by atoms with Crippen LogP contribution >= 0.6 is 0 Å². The summed E-state index contributed by atoms with van der Waals surface area (Å²) in [4.78, 5) is 47.8. The Hall–Kier alpha value is -3.88. The Kier molecular flexibility index (Phi) is 3.02. The molecule has 0 N–H and O–H groups in total. The van der Waals surface area contributed by atoms with Gasteiger partial charge in [0.1, 0.15) is 0 Å². The summed E-state index contributed by atoms with van der Waals surface area (Å²) in [5.74, 6) is 0.506. The van der Waals surface area contributed by atoms with Gasteiger partial charge < -0.3 is 23.4 Å². The molecule has 3 heterocycles. The second kappa shape index (κ2) is 5.31. The molecule has 0 radical (unpaired) electrons. The van der Waals surface area contributed by atoms with Crippen LogP contribution in [0.4, 0.5) is 0 Å². The molecule has 0 unspecified atom stereocenters. The normalized spacial score (nSPS) is 13.9. The van der Waals surface area contributed by atoms with E-state index in [4.69, 9.17) is 23.4 Å². The Bertz CT molecular complexity index is 1200. The lowest BCUT2D eigenvalue weighted by Crippen LogP contribution is -2.05. The van der Waals surface area contributed by atoms with Crippen LogP contribution < -0.4 is 30.2 Å². The third-order valence-electron chi connectivity index (χ3n) is 4.47. The number of hydrogen-bond acceptors (Lipinski definition) is 9. The van der Waals surface area contributed by atoms with Gasteiger partial charge in [0.15, 0.2) is 35.6 Å². The van der Waals surface area contributed by atoms with Crippen LogP contribution in [-0.4, -0.2) is 26.2 Å². The van der Waals surface area contributed by atoms with Gasteiger partial charge in [0, 0.05) is 10.8 Å². The first-order valence-corrected chi connectivity index (χ1v) is 7.74. The van der Waals surface area contributed by atoms with Gasteiger partial charge in [0.25, 0.3) is 0 Å². The summed E-state index contributed by atoms with van der Waals surface area (Å²) in [5.41, 5.74) is -1.78. The maximum absolute atomic E-state index is 12.5. The van der Waals surface area contributed by atoms with Crippen LogP contribution in [0.25, 0.3) is 21.5 Å². The second-order valence-corrected chi connectivity index (χ2v) is 5.82. The molecule has 27 heavy (non-hydrogen) atoms. The molecule has 0 amide bonds. The molecule has 134 valence electrons. The molecule has 0 fully saturated rings. The number of rotatable bonds is 2. The van der Waals surface area contributed by atoms with Gasteiger partial charge in [-0.25, -0.2) is 9.59 Å². The van der Waals surface area contributed by atoms with Gasteiger partial charge in [-0.15, -0.1) is 0 Å². The molecule has 2 aliphatic heterocycles. The van der Waals surface area contributed by atoms with Crippen LogP contribution in [-0.2, 0) is 0 Å². The summed E-state index contributed by atoms with van der Waals surface area (Å²) in [6.45, 7) is -0.339. The van der Waals surface area contributed by atoms with Crippen molar-refractivity contribution in [2.75, 3.05) is 13.6 Å². The van der Waals surface area contributed by atoms with Crippen LogP contribution in [0.1, 0.15) is 20.7 Å². The van der Waals surface area contributed by atoms with E-state index in [1.807, 2.05) is 0 Å². The van der Waals surface area contributed by atoms with E-state index < -0.39 is 11.3 Å². The molecule has 3 aromatic rings. The Morgan fingerprint density at radius 3 is 1.48 bits per heavy atom. The topological polar surface area (TPSA) is 118 Å². The highest BCUT2D eigenvalue weighted by Gasteiger charge is 2.30. The molecule has 9 nitrogen and oxygen atoms in total. The average Bonchev–Trinajstić information content (AvgIpc) is 3.33. The van der Waals surface area contributed by atoms with Crippen LogP contribution in [0.15, 0.2) is 26.1 Å². The van der Waals surface area contributed by atoms with Crippen molar-refractivity contribution >= 4 is 34.1 Å². The Morgan fingerprint density at radius 2 is 1.07 bits per heavy atom. The first-order valence-electron chi connectivity index (χ1n) is 7.74. The molecule has 0 saturated carbocycles. The van der Waals surface area contributed by atoms with E-state index in [1.165, 1.54) is 12.1 Å². The van der Waals surface area contributed by atoms with E-state index in [1.54, 1.807) is 0 Å². The summed E-state index contributed by atoms with van der Waals surface area (Å²) in [7, 11) is 0. The van der Waals surface area contributed by atoms with Crippen molar-refractivity contribution in [1.82, 2.24) is 0 Å². The number of carbonyl (C=O) groups excluding carboxylic acids is 2. The zero-order chi connectivity index (χ0) is 18.7. The summed E-state index contributed by atoms with van der Waals surface area (Å²) in [6.07, 6.45) is 1.02. The van der Waals surface area contributed by atoms with Gasteiger partial charge in [-0.3, -0.25) is 9.59 Å². The van der Waals surface area contributed by atoms with E-state index in [0.29, 0.717) is 12.6 Å². The van der Waals surface area contributed by atoms with Crippen molar-refractivity contribution in [1.29, 1.82) is 0 Å². The van der Waals surface area contributed by atoms with Gasteiger partial charge in [-0.2, -0.15) is 0 Å². The fraction of sp³-hybridized carbons (Fsp3) is 0.111. The molecule has 9 heteroatoms. The first-order chi connectivity index (χ1) is 13.1. The van der Waals surface area contributed by atoms with E-state index in [-0.39, 0.29) is 69.3 Å². The zero-order valence-electron chi connectivity index (χ0n) is 13.4. The maximum atomic E-state index is 12.5. The smallest absolute Gasteiger partial charge is 0.346 e. The monoisotopic (exact) mass is 368 g/mol. The molecule has 0 spiro atoms. The minimum absolute atomic E-state index is 0.0648. The fourth-order valence-electron chi connectivity index (χ4n) is 3.38. The maximum Gasteiger partial charge on any atom is 0.346 e. The van der Waals surface area contributed by atoms with Crippen LogP contribution in [0.3, 0.4) is 0 Å². The molecule has 2 aliphatic rings. The zero-order valence-corrected chi connectivity index (χ0v) is 13.4. The number of aldehydes is 2. The molecule has 5 rings (SSSR count). The van der Waals surface area contributed by atoms with Gasteiger partial charge in [0.2, 0.25) is 13.6 Å². The molecule has 0 bridgehead atoms. The lowest BCUT2D eigenvalue weighted by molar-refractivity contribution is 0.111. The molecular formula is C18H8O9. The quantitative estimate of drug-likeness (QED) is 0.618. The molecule has 1 aromatic heterocycles. The van der Waals surface area contributed by atoms with Crippen molar-refractivity contribution in [3.63, 3.8) is 0 Å². The van der Waals surface area contributed by atoms with Gasteiger partial charge >= 0.3 is 11.3 Å². The Morgan fingerprint density at radius 1 is 0.667 bits per heavy atom. The number of carbonyl (C=O) groups is 2. The van der Waals surface area contributed by atoms with Crippen molar-refractivity contribution in [3.8, 4) is 23.0 Å². The number of benzene rings is 2. The van der Waals surface area contributed by atoms with Crippen molar-refractivity contribution in [2.45, 2.75) is 0 Å². The predicted octanol–water partition coefficient (Wildman–Crippen LogP) is 1.39. The lowest BCUT2D eigenvalue weighted by atomic mass is 10.00. The van der Waals surface area contributed by atoms with E-state index in [2.05, 4.69) is 0 Å². The van der Waals surface area contributed by atoms with E-state index in [0.717, 1.165) is 0 Å². The fourth-order valence-corrected chi connectivity index (χ4v) is 3.38. The molecule has 0 aliphatic carbocycles. The average molecular weight is 368 g/mol. The summed E-state index contributed by atoms with van der Waals surface area (Å²) in [6, 6.07) is 2.52. The SMILES string of the molecule is O=Cc1cc2c(=O)oc(=O)c3cc(C=O)c4c(c3c2c2c1OCO2)OCO4. The molecule has 2 aromatic carbocycles. The van der Waals surface area contributed by atoms with Gasteiger partial charge in [0.05, 0.1) is 21.9 Å².